The molecule has 0 saturated carbocycles. The first-order valence-corrected chi connectivity index (χ1v) is 4.84. The van der Waals surface area contributed by atoms with Crippen molar-refractivity contribution in [1.82, 2.24) is 0 Å². The Hall–Kier alpha value is 0.190. The Morgan fingerprint density at radius 2 is 2.25 bits per heavy atom. The third-order valence-electron chi connectivity index (χ3n) is 1.03. The second-order valence-corrected chi connectivity index (χ2v) is 3.82. The molecule has 0 fully saturated rings. The van der Waals surface area contributed by atoms with E-state index in [4.69, 9.17) is 4.42 Å². The summed E-state index contributed by atoms with van der Waals surface area (Å²) in [6, 6.07) is 3.36. The van der Waals surface area contributed by atoms with Crippen LogP contribution in [0.3, 0.4) is 0 Å². The van der Waals surface area contributed by atoms with Gasteiger partial charge in [0.2, 0.25) is 0 Å². The minimum atomic E-state index is -3.24. The summed E-state index contributed by atoms with van der Waals surface area (Å²) in [6.07, 6.45) is 2.53. The Kier molecular flexibility index (Phi) is 5.12. The van der Waals surface area contributed by atoms with Gasteiger partial charge in [-0.05, 0) is 12.1 Å². The molecule has 0 aliphatic rings. The average Bonchev–Trinajstić information content (AvgIpc) is 2.32. The van der Waals surface area contributed by atoms with Gasteiger partial charge in [-0.25, -0.2) is 8.42 Å². The van der Waals surface area contributed by atoms with Gasteiger partial charge in [0.1, 0.15) is 0 Å². The van der Waals surface area contributed by atoms with E-state index in [0.717, 1.165) is 6.26 Å². The van der Waals surface area contributed by atoms with Gasteiger partial charge >= 0.3 is 29.6 Å². The van der Waals surface area contributed by atoms with Crippen molar-refractivity contribution in [2.45, 2.75) is 6.54 Å². The van der Waals surface area contributed by atoms with E-state index in [-0.39, 0.29) is 36.1 Å². The molecule has 0 aromatic carbocycles. The molecule has 0 bridgehead atoms. The van der Waals surface area contributed by atoms with E-state index in [1.165, 1.54) is 6.26 Å². The molecule has 6 heteroatoms. The monoisotopic (exact) mass is 197 g/mol. The normalized spacial score (nSPS) is 10.8. The summed E-state index contributed by atoms with van der Waals surface area (Å²) in [5, 5.41) is 0. The summed E-state index contributed by atoms with van der Waals surface area (Å²) >= 11 is 0. The van der Waals surface area contributed by atoms with Gasteiger partial charge in [-0.1, -0.05) is 6.54 Å². The average molecular weight is 197 g/mol. The van der Waals surface area contributed by atoms with Gasteiger partial charge < -0.3 is 9.14 Å². The molecule has 12 heavy (non-hydrogen) atoms. The largest absolute Gasteiger partial charge is 1.00 e. The Morgan fingerprint density at radius 1 is 1.58 bits per heavy atom. The summed E-state index contributed by atoms with van der Waals surface area (Å²) in [6.45, 7) is 0.0891. The summed E-state index contributed by atoms with van der Waals surface area (Å²) < 4.78 is 29.3. The number of furan rings is 1. The molecular weight excluding hydrogens is 189 g/mol. The first-order valence-electron chi connectivity index (χ1n) is 2.99. The molecular formula is C6H8NNaO3S. The SMILES string of the molecule is CS(=O)(=O)[N-]Cc1ccco1.[Na+]. The molecule has 0 radical (unpaired) electrons. The Labute approximate surface area is 93.7 Å². The molecule has 1 rings (SSSR count). The Balaban J connectivity index is 0.00000121. The van der Waals surface area contributed by atoms with Gasteiger partial charge in [-0.15, -0.1) is 0 Å². The van der Waals surface area contributed by atoms with Crippen LogP contribution in [-0.2, 0) is 16.6 Å². The van der Waals surface area contributed by atoms with E-state index in [1.54, 1.807) is 12.1 Å². The second kappa shape index (κ2) is 5.04. The molecule has 1 heterocycles. The number of hydrogen-bond donors (Lipinski definition) is 0. The molecule has 0 amide bonds. The van der Waals surface area contributed by atoms with Crippen LogP contribution < -0.4 is 29.6 Å². The molecule has 4 nitrogen and oxygen atoms in total. The fourth-order valence-electron chi connectivity index (χ4n) is 0.583. The summed E-state index contributed by atoms with van der Waals surface area (Å²) in [7, 11) is -3.24. The van der Waals surface area contributed by atoms with Gasteiger partial charge in [0, 0.05) is 6.26 Å². The summed E-state index contributed by atoms with van der Waals surface area (Å²) in [4.78, 5) is 0. The molecule has 1 aromatic heterocycles. The van der Waals surface area contributed by atoms with E-state index in [2.05, 4.69) is 4.72 Å². The van der Waals surface area contributed by atoms with Crippen LogP contribution in [0.1, 0.15) is 5.76 Å². The van der Waals surface area contributed by atoms with E-state index >= 15 is 0 Å². The Morgan fingerprint density at radius 3 is 2.67 bits per heavy atom. The third kappa shape index (κ3) is 4.95. The van der Waals surface area contributed by atoms with Gasteiger partial charge in [0.25, 0.3) is 0 Å². The van der Waals surface area contributed by atoms with Crippen LogP contribution in [-0.4, -0.2) is 14.7 Å². The zero-order valence-corrected chi connectivity index (χ0v) is 9.84. The van der Waals surface area contributed by atoms with Crippen molar-refractivity contribution in [3.8, 4) is 0 Å². The van der Waals surface area contributed by atoms with Crippen molar-refractivity contribution < 1.29 is 42.4 Å². The molecule has 0 aliphatic heterocycles. The predicted octanol–water partition coefficient (Wildman–Crippen LogP) is -1.88. The molecule has 1 aromatic rings. The van der Waals surface area contributed by atoms with Crippen molar-refractivity contribution in [1.29, 1.82) is 0 Å². The van der Waals surface area contributed by atoms with Crippen molar-refractivity contribution >= 4 is 10.0 Å². The van der Waals surface area contributed by atoms with E-state index in [1.807, 2.05) is 0 Å². The molecule has 62 valence electrons. The van der Waals surface area contributed by atoms with Crippen LogP contribution in [0.25, 0.3) is 4.72 Å². The van der Waals surface area contributed by atoms with Gasteiger partial charge in [-0.3, -0.25) is 0 Å². The smallest absolute Gasteiger partial charge is 0.543 e. The number of rotatable bonds is 3. The third-order valence-corrected chi connectivity index (χ3v) is 1.63. The molecule has 0 N–H and O–H groups in total. The van der Waals surface area contributed by atoms with E-state index < -0.39 is 10.0 Å². The van der Waals surface area contributed by atoms with Crippen LogP contribution in [0.4, 0.5) is 0 Å². The first kappa shape index (κ1) is 12.2. The second-order valence-electron chi connectivity index (χ2n) is 2.10. The molecule has 0 unspecified atom stereocenters. The predicted molar refractivity (Wildman–Crippen MR) is 40.6 cm³/mol. The molecule has 0 saturated heterocycles. The van der Waals surface area contributed by atoms with E-state index in [0.29, 0.717) is 5.76 Å². The number of hydrogen-bond acceptors (Lipinski definition) is 3. The summed E-state index contributed by atoms with van der Waals surface area (Å²) in [5.74, 6) is 0.551. The fraction of sp³-hybridized carbons (Fsp3) is 0.333. The molecule has 0 spiro atoms. The van der Waals surface area contributed by atoms with Crippen molar-refractivity contribution in [3.63, 3.8) is 0 Å². The number of sulfonamides is 1. The minimum absolute atomic E-state index is 0. The van der Waals surface area contributed by atoms with Crippen molar-refractivity contribution in [2.24, 2.45) is 0 Å². The van der Waals surface area contributed by atoms with Crippen LogP contribution in [0.15, 0.2) is 22.8 Å². The zero-order valence-electron chi connectivity index (χ0n) is 7.02. The van der Waals surface area contributed by atoms with Crippen LogP contribution >= 0.6 is 0 Å². The Bertz CT molecular complexity index is 306. The minimum Gasteiger partial charge on any atom is -0.543 e. The standard InChI is InChI=1S/C6H8NO3S.Na/c1-11(8,9)7-5-6-3-2-4-10-6;/h2-4H,5H2,1H3;/q-1;+1. The maximum absolute atomic E-state index is 10.5. The maximum atomic E-state index is 10.5. The molecule has 0 atom stereocenters. The topological polar surface area (TPSA) is 61.4 Å². The fourth-order valence-corrected chi connectivity index (χ4v) is 0.945. The number of nitrogens with zero attached hydrogens (tertiary/aromatic N) is 1. The zero-order chi connectivity index (χ0) is 8.32. The molecule has 0 aliphatic carbocycles. The quantitative estimate of drug-likeness (QED) is 0.533. The maximum Gasteiger partial charge on any atom is 1.00 e. The van der Waals surface area contributed by atoms with Crippen LogP contribution in [0.2, 0.25) is 0 Å². The van der Waals surface area contributed by atoms with Gasteiger partial charge in [0.15, 0.2) is 0 Å². The van der Waals surface area contributed by atoms with Crippen LogP contribution in [0, 0.1) is 0 Å². The van der Waals surface area contributed by atoms with Crippen molar-refractivity contribution in [2.75, 3.05) is 6.26 Å². The van der Waals surface area contributed by atoms with Crippen molar-refractivity contribution in [3.05, 3.63) is 28.9 Å². The van der Waals surface area contributed by atoms with Crippen LogP contribution in [0.5, 0.6) is 0 Å². The van der Waals surface area contributed by atoms with Gasteiger partial charge in [0.05, 0.1) is 22.0 Å². The summed E-state index contributed by atoms with van der Waals surface area (Å²) in [5.41, 5.74) is 0. The first-order chi connectivity index (χ1) is 5.08. The van der Waals surface area contributed by atoms with E-state index in [9.17, 15) is 8.42 Å². The van der Waals surface area contributed by atoms with Gasteiger partial charge in [-0.2, -0.15) is 0 Å².